The molecule has 1 aliphatic heterocycles. The van der Waals surface area contributed by atoms with Gasteiger partial charge < -0.3 is 14.1 Å². The summed E-state index contributed by atoms with van der Waals surface area (Å²) in [6.07, 6.45) is 0. The molecular weight excluding hydrogens is 362 g/mol. The van der Waals surface area contributed by atoms with Gasteiger partial charge in [-0.15, -0.1) is 11.3 Å². The standard InChI is InChI=1S/C20H23N3O3S/c1-14-16-5-3-4-6-17(16)26-19(14)20(24)22(2)11-15-13-27-18(21-15)12-23-7-9-25-10-8-23/h3-6,13H,7-12H2,1-2H3. The van der Waals surface area contributed by atoms with Crippen molar-refractivity contribution in [2.45, 2.75) is 20.0 Å². The van der Waals surface area contributed by atoms with E-state index < -0.39 is 0 Å². The number of para-hydroxylation sites is 1. The van der Waals surface area contributed by atoms with Gasteiger partial charge in [0, 0.05) is 36.5 Å². The van der Waals surface area contributed by atoms with Crippen LogP contribution in [0.1, 0.15) is 26.8 Å². The normalized spacial score (nSPS) is 15.3. The number of nitrogens with zero attached hydrogens (tertiary/aromatic N) is 3. The lowest BCUT2D eigenvalue weighted by molar-refractivity contribution is 0.0341. The number of carbonyl (C=O) groups is 1. The molecule has 0 aliphatic carbocycles. The Balaban J connectivity index is 1.43. The predicted octanol–water partition coefficient (Wildman–Crippen LogP) is 3.30. The minimum absolute atomic E-state index is 0.119. The van der Waals surface area contributed by atoms with Crippen molar-refractivity contribution in [1.82, 2.24) is 14.8 Å². The van der Waals surface area contributed by atoms with Gasteiger partial charge in [0.2, 0.25) is 0 Å². The van der Waals surface area contributed by atoms with Crippen LogP contribution in [0.3, 0.4) is 0 Å². The number of hydrogen-bond donors (Lipinski definition) is 0. The van der Waals surface area contributed by atoms with Crippen LogP contribution in [0.2, 0.25) is 0 Å². The minimum atomic E-state index is -0.119. The maximum atomic E-state index is 12.8. The Bertz CT molecular complexity index is 943. The molecule has 2 aromatic heterocycles. The second kappa shape index (κ2) is 7.80. The number of furan rings is 1. The van der Waals surface area contributed by atoms with E-state index in [-0.39, 0.29) is 5.91 Å². The van der Waals surface area contributed by atoms with Crippen LogP contribution in [0.25, 0.3) is 11.0 Å². The molecule has 0 radical (unpaired) electrons. The van der Waals surface area contributed by atoms with Crippen molar-refractivity contribution >= 4 is 28.2 Å². The van der Waals surface area contributed by atoms with Crippen LogP contribution in [0.5, 0.6) is 0 Å². The summed E-state index contributed by atoms with van der Waals surface area (Å²) in [5, 5.41) is 4.09. The molecule has 3 heterocycles. The van der Waals surface area contributed by atoms with E-state index in [0.717, 1.165) is 60.1 Å². The molecule has 1 fully saturated rings. The second-order valence-electron chi connectivity index (χ2n) is 6.83. The monoisotopic (exact) mass is 385 g/mol. The van der Waals surface area contributed by atoms with Gasteiger partial charge >= 0.3 is 0 Å². The summed E-state index contributed by atoms with van der Waals surface area (Å²) in [4.78, 5) is 21.6. The Morgan fingerprint density at radius 3 is 2.85 bits per heavy atom. The summed E-state index contributed by atoms with van der Waals surface area (Å²) in [6.45, 7) is 6.69. The quantitative estimate of drug-likeness (QED) is 0.674. The minimum Gasteiger partial charge on any atom is -0.451 e. The summed E-state index contributed by atoms with van der Waals surface area (Å²) >= 11 is 1.64. The summed E-state index contributed by atoms with van der Waals surface area (Å²) in [7, 11) is 1.79. The fourth-order valence-corrected chi connectivity index (χ4v) is 4.14. The largest absolute Gasteiger partial charge is 0.451 e. The van der Waals surface area contributed by atoms with E-state index >= 15 is 0 Å². The summed E-state index contributed by atoms with van der Waals surface area (Å²) in [5.41, 5.74) is 2.54. The zero-order chi connectivity index (χ0) is 18.8. The molecule has 3 aromatic rings. The number of rotatable bonds is 5. The van der Waals surface area contributed by atoms with E-state index in [2.05, 4.69) is 4.90 Å². The van der Waals surface area contributed by atoms with Gasteiger partial charge in [-0.3, -0.25) is 9.69 Å². The van der Waals surface area contributed by atoms with Crippen molar-refractivity contribution in [3.8, 4) is 0 Å². The van der Waals surface area contributed by atoms with Crippen LogP contribution >= 0.6 is 11.3 Å². The molecule has 1 aromatic carbocycles. The van der Waals surface area contributed by atoms with Gasteiger partial charge in [-0.05, 0) is 13.0 Å². The molecule has 0 atom stereocenters. The zero-order valence-electron chi connectivity index (χ0n) is 15.6. The topological polar surface area (TPSA) is 58.8 Å². The van der Waals surface area contributed by atoms with Crippen LogP contribution in [0.4, 0.5) is 0 Å². The van der Waals surface area contributed by atoms with Gasteiger partial charge in [-0.25, -0.2) is 4.98 Å². The van der Waals surface area contributed by atoms with Crippen LogP contribution in [-0.4, -0.2) is 54.0 Å². The first-order valence-corrected chi connectivity index (χ1v) is 9.97. The lowest BCUT2D eigenvalue weighted by Gasteiger charge is -2.25. The smallest absolute Gasteiger partial charge is 0.289 e. The van der Waals surface area contributed by atoms with Crippen molar-refractivity contribution in [2.24, 2.45) is 0 Å². The third kappa shape index (κ3) is 3.90. The molecule has 4 rings (SSSR count). The molecule has 1 saturated heterocycles. The Hall–Kier alpha value is -2.22. The van der Waals surface area contributed by atoms with Crippen molar-refractivity contribution < 1.29 is 13.9 Å². The number of aryl methyl sites for hydroxylation is 1. The molecular formula is C20H23N3O3S. The molecule has 1 amide bonds. The first-order valence-electron chi connectivity index (χ1n) is 9.09. The van der Waals surface area contributed by atoms with E-state index in [1.807, 2.05) is 36.6 Å². The van der Waals surface area contributed by atoms with Crippen LogP contribution in [-0.2, 0) is 17.8 Å². The first-order chi connectivity index (χ1) is 13.1. The number of amides is 1. The van der Waals surface area contributed by atoms with Gasteiger partial charge in [0.1, 0.15) is 10.6 Å². The summed E-state index contributed by atoms with van der Waals surface area (Å²) in [6, 6.07) is 7.73. The SMILES string of the molecule is Cc1c(C(=O)N(C)Cc2csc(CN3CCOCC3)n2)oc2ccccc12. The van der Waals surface area contributed by atoms with Gasteiger partial charge in [0.15, 0.2) is 5.76 Å². The fourth-order valence-electron chi connectivity index (χ4n) is 3.31. The van der Waals surface area contributed by atoms with Gasteiger partial charge in [0.05, 0.1) is 32.0 Å². The Morgan fingerprint density at radius 2 is 2.07 bits per heavy atom. The van der Waals surface area contributed by atoms with Gasteiger partial charge in [-0.1, -0.05) is 18.2 Å². The Kier molecular flexibility index (Phi) is 5.24. The third-order valence-electron chi connectivity index (χ3n) is 4.85. The maximum absolute atomic E-state index is 12.8. The van der Waals surface area contributed by atoms with Gasteiger partial charge in [0.25, 0.3) is 5.91 Å². The van der Waals surface area contributed by atoms with E-state index in [9.17, 15) is 4.79 Å². The van der Waals surface area contributed by atoms with E-state index in [1.165, 1.54) is 0 Å². The number of thiazole rings is 1. The summed E-state index contributed by atoms with van der Waals surface area (Å²) in [5.74, 6) is 0.286. The molecule has 0 spiro atoms. The molecule has 142 valence electrons. The predicted molar refractivity (Wildman–Crippen MR) is 105 cm³/mol. The molecule has 0 unspecified atom stereocenters. The number of hydrogen-bond acceptors (Lipinski definition) is 6. The van der Waals surface area contributed by atoms with Crippen molar-refractivity contribution in [1.29, 1.82) is 0 Å². The molecule has 0 N–H and O–H groups in total. The molecule has 0 bridgehead atoms. The highest BCUT2D eigenvalue weighted by molar-refractivity contribution is 7.09. The Labute approximate surface area is 162 Å². The average molecular weight is 385 g/mol. The fraction of sp³-hybridized carbons (Fsp3) is 0.400. The third-order valence-corrected chi connectivity index (χ3v) is 5.73. The Morgan fingerprint density at radius 1 is 1.30 bits per heavy atom. The lowest BCUT2D eigenvalue weighted by atomic mass is 10.1. The highest BCUT2D eigenvalue weighted by atomic mass is 32.1. The van der Waals surface area contributed by atoms with E-state index in [0.29, 0.717) is 12.3 Å². The average Bonchev–Trinajstić information content (AvgIpc) is 3.26. The number of ether oxygens (including phenoxy) is 1. The number of carbonyl (C=O) groups excluding carboxylic acids is 1. The highest BCUT2D eigenvalue weighted by Crippen LogP contribution is 2.26. The summed E-state index contributed by atoms with van der Waals surface area (Å²) < 4.78 is 11.2. The van der Waals surface area contributed by atoms with Gasteiger partial charge in [-0.2, -0.15) is 0 Å². The zero-order valence-corrected chi connectivity index (χ0v) is 16.4. The molecule has 6 nitrogen and oxygen atoms in total. The molecule has 27 heavy (non-hydrogen) atoms. The van der Waals surface area contributed by atoms with Crippen molar-refractivity contribution in [3.05, 3.63) is 51.7 Å². The highest BCUT2D eigenvalue weighted by Gasteiger charge is 2.22. The molecule has 1 aliphatic rings. The van der Waals surface area contributed by atoms with E-state index in [1.54, 1.807) is 23.3 Å². The lowest BCUT2D eigenvalue weighted by Crippen LogP contribution is -2.35. The molecule has 7 heteroatoms. The number of morpholine rings is 1. The number of benzene rings is 1. The second-order valence-corrected chi connectivity index (χ2v) is 7.78. The van der Waals surface area contributed by atoms with Crippen LogP contribution < -0.4 is 0 Å². The first kappa shape index (κ1) is 18.2. The number of fused-ring (bicyclic) bond motifs is 1. The van der Waals surface area contributed by atoms with Crippen molar-refractivity contribution in [3.63, 3.8) is 0 Å². The van der Waals surface area contributed by atoms with Crippen molar-refractivity contribution in [2.75, 3.05) is 33.4 Å². The maximum Gasteiger partial charge on any atom is 0.289 e. The molecule has 0 saturated carbocycles. The van der Waals surface area contributed by atoms with Crippen LogP contribution in [0, 0.1) is 6.92 Å². The van der Waals surface area contributed by atoms with E-state index in [4.69, 9.17) is 14.1 Å². The number of aromatic nitrogens is 1. The van der Waals surface area contributed by atoms with Crippen LogP contribution in [0.15, 0.2) is 34.1 Å².